The Morgan fingerprint density at radius 1 is 1.12 bits per heavy atom. The van der Waals surface area contributed by atoms with Gasteiger partial charge in [-0.3, -0.25) is 4.79 Å². The lowest BCUT2D eigenvalue weighted by Crippen LogP contribution is -2.26. The predicted octanol–water partition coefficient (Wildman–Crippen LogP) is 2.58. The molecule has 8 heteroatoms. The van der Waals surface area contributed by atoms with E-state index in [1.807, 2.05) is 36.6 Å². The minimum absolute atomic E-state index is 0.0797. The molecule has 0 N–H and O–H groups in total. The molecule has 2 aromatic heterocycles. The second-order valence-electron chi connectivity index (χ2n) is 6.13. The highest BCUT2D eigenvalue weighted by atomic mass is 32.2. The van der Waals surface area contributed by atoms with Crippen molar-refractivity contribution in [3.8, 4) is 10.6 Å². The average Bonchev–Trinajstić information content (AvgIpc) is 3.05. The molecule has 0 atom stereocenters. The third-order valence-corrected chi connectivity index (χ3v) is 6.66. The average molecular weight is 390 g/mol. The van der Waals surface area contributed by atoms with Gasteiger partial charge in [-0.25, -0.2) is 17.7 Å². The standard InChI is InChI=1S/C18H19N3O3S2/c1-13-4-6-14(7-5-13)18-19-15(12-25-18)10-21-11-16(8-9-17(21)22)26(23,24)20(2)3/h4-9,11-12H,10H2,1-3H3. The second-order valence-corrected chi connectivity index (χ2v) is 9.14. The number of nitrogens with zero attached hydrogens (tertiary/aromatic N) is 3. The third-order valence-electron chi connectivity index (χ3n) is 3.92. The van der Waals surface area contributed by atoms with Gasteiger partial charge in [-0.15, -0.1) is 11.3 Å². The van der Waals surface area contributed by atoms with Crippen LogP contribution in [0.1, 0.15) is 11.3 Å². The molecule has 2 heterocycles. The first kappa shape index (κ1) is 18.5. The smallest absolute Gasteiger partial charge is 0.250 e. The van der Waals surface area contributed by atoms with Crippen molar-refractivity contribution in [1.29, 1.82) is 0 Å². The lowest BCUT2D eigenvalue weighted by atomic mass is 10.2. The molecular weight excluding hydrogens is 370 g/mol. The van der Waals surface area contributed by atoms with Crippen LogP contribution in [0.3, 0.4) is 0 Å². The van der Waals surface area contributed by atoms with E-state index in [9.17, 15) is 13.2 Å². The van der Waals surface area contributed by atoms with Crippen molar-refractivity contribution < 1.29 is 8.42 Å². The molecule has 3 rings (SSSR count). The Labute approximate surface area is 156 Å². The van der Waals surface area contributed by atoms with Gasteiger partial charge in [0.05, 0.1) is 17.1 Å². The van der Waals surface area contributed by atoms with E-state index in [1.165, 1.54) is 53.9 Å². The van der Waals surface area contributed by atoms with Crippen LogP contribution in [-0.2, 0) is 16.6 Å². The quantitative estimate of drug-likeness (QED) is 0.672. The molecule has 0 radical (unpaired) electrons. The summed E-state index contributed by atoms with van der Waals surface area (Å²) in [5, 5.41) is 2.75. The van der Waals surface area contributed by atoms with Gasteiger partial charge in [0, 0.05) is 37.3 Å². The van der Waals surface area contributed by atoms with Gasteiger partial charge in [0.2, 0.25) is 10.0 Å². The van der Waals surface area contributed by atoms with Gasteiger partial charge in [-0.1, -0.05) is 29.8 Å². The van der Waals surface area contributed by atoms with Gasteiger partial charge in [-0.05, 0) is 13.0 Å². The first-order valence-electron chi connectivity index (χ1n) is 7.92. The number of rotatable bonds is 5. The summed E-state index contributed by atoms with van der Waals surface area (Å²) in [6, 6.07) is 10.7. The number of pyridine rings is 1. The minimum Gasteiger partial charge on any atom is -0.308 e. The van der Waals surface area contributed by atoms with Crippen molar-refractivity contribution in [2.24, 2.45) is 0 Å². The number of aromatic nitrogens is 2. The Bertz CT molecular complexity index is 1080. The van der Waals surface area contributed by atoms with Crippen LogP contribution in [0.25, 0.3) is 10.6 Å². The van der Waals surface area contributed by atoms with Crippen LogP contribution < -0.4 is 5.56 Å². The highest BCUT2D eigenvalue weighted by Gasteiger charge is 2.18. The molecule has 0 aliphatic carbocycles. The zero-order chi connectivity index (χ0) is 18.9. The molecule has 0 spiro atoms. The molecule has 6 nitrogen and oxygen atoms in total. The van der Waals surface area contributed by atoms with E-state index in [4.69, 9.17) is 0 Å². The van der Waals surface area contributed by atoms with Gasteiger partial charge in [0.25, 0.3) is 5.56 Å². The fourth-order valence-corrected chi connectivity index (χ4v) is 4.12. The van der Waals surface area contributed by atoms with Gasteiger partial charge < -0.3 is 4.57 Å². The van der Waals surface area contributed by atoms with Crippen molar-refractivity contribution in [2.75, 3.05) is 14.1 Å². The third kappa shape index (κ3) is 3.77. The Morgan fingerprint density at radius 3 is 2.46 bits per heavy atom. The SMILES string of the molecule is Cc1ccc(-c2nc(Cn3cc(S(=O)(=O)N(C)C)ccc3=O)cs2)cc1. The number of hydrogen-bond donors (Lipinski definition) is 0. The molecule has 0 saturated carbocycles. The van der Waals surface area contributed by atoms with E-state index in [1.54, 1.807) is 0 Å². The summed E-state index contributed by atoms with van der Waals surface area (Å²) >= 11 is 1.50. The summed E-state index contributed by atoms with van der Waals surface area (Å²) in [4.78, 5) is 16.8. The van der Waals surface area contributed by atoms with Crippen molar-refractivity contribution in [2.45, 2.75) is 18.4 Å². The second kappa shape index (κ2) is 7.14. The summed E-state index contributed by atoms with van der Waals surface area (Å²) in [7, 11) is -0.680. The molecule has 3 aromatic rings. The van der Waals surface area contributed by atoms with Crippen molar-refractivity contribution in [3.63, 3.8) is 0 Å². The maximum atomic E-state index is 12.3. The highest BCUT2D eigenvalue weighted by molar-refractivity contribution is 7.89. The summed E-state index contributed by atoms with van der Waals surface area (Å²) in [5.41, 5.74) is 2.64. The van der Waals surface area contributed by atoms with Gasteiger partial charge in [0.1, 0.15) is 5.01 Å². The largest absolute Gasteiger partial charge is 0.308 e. The van der Waals surface area contributed by atoms with E-state index in [-0.39, 0.29) is 17.0 Å². The van der Waals surface area contributed by atoms with Crippen molar-refractivity contribution in [1.82, 2.24) is 13.9 Å². The van der Waals surface area contributed by atoms with Gasteiger partial charge in [-0.2, -0.15) is 0 Å². The zero-order valence-electron chi connectivity index (χ0n) is 14.7. The summed E-state index contributed by atoms with van der Waals surface area (Å²) < 4.78 is 27.0. The van der Waals surface area contributed by atoms with E-state index < -0.39 is 10.0 Å². The molecule has 26 heavy (non-hydrogen) atoms. The molecule has 0 saturated heterocycles. The number of benzene rings is 1. The van der Waals surface area contributed by atoms with Crippen molar-refractivity contribution >= 4 is 21.4 Å². The number of sulfonamides is 1. The van der Waals surface area contributed by atoms with E-state index in [2.05, 4.69) is 4.98 Å². The summed E-state index contributed by atoms with van der Waals surface area (Å²) in [5.74, 6) is 0. The molecule has 0 aliphatic heterocycles. The monoisotopic (exact) mass is 389 g/mol. The first-order valence-corrected chi connectivity index (χ1v) is 10.2. The normalized spacial score (nSPS) is 11.8. The maximum Gasteiger partial charge on any atom is 0.250 e. The highest BCUT2D eigenvalue weighted by Crippen LogP contribution is 2.24. The molecule has 0 unspecified atom stereocenters. The molecule has 0 bridgehead atoms. The minimum atomic E-state index is -3.59. The predicted molar refractivity (Wildman–Crippen MR) is 103 cm³/mol. The zero-order valence-corrected chi connectivity index (χ0v) is 16.3. The van der Waals surface area contributed by atoms with Gasteiger partial charge >= 0.3 is 0 Å². The molecule has 136 valence electrons. The van der Waals surface area contributed by atoms with Crippen LogP contribution in [0.15, 0.2) is 57.7 Å². The van der Waals surface area contributed by atoms with Gasteiger partial charge in [0.15, 0.2) is 0 Å². The van der Waals surface area contributed by atoms with Crippen molar-refractivity contribution in [3.05, 3.63) is 69.6 Å². The fraction of sp³-hybridized carbons (Fsp3) is 0.222. The molecule has 0 fully saturated rings. The van der Waals surface area contributed by atoms with Crippen LogP contribution >= 0.6 is 11.3 Å². The topological polar surface area (TPSA) is 72.3 Å². The van der Waals surface area contributed by atoms with E-state index >= 15 is 0 Å². The number of thiazole rings is 1. The van der Waals surface area contributed by atoms with Crippen LogP contribution in [0.4, 0.5) is 0 Å². The Morgan fingerprint density at radius 2 is 1.81 bits per heavy atom. The fourth-order valence-electron chi connectivity index (χ4n) is 2.38. The lowest BCUT2D eigenvalue weighted by Gasteiger charge is -2.12. The number of hydrogen-bond acceptors (Lipinski definition) is 5. The van der Waals surface area contributed by atoms with Crippen LogP contribution in [0, 0.1) is 6.92 Å². The molecule has 1 aromatic carbocycles. The Kier molecular flexibility index (Phi) is 5.08. The molecular formula is C18H19N3O3S2. The molecule has 0 aliphatic rings. The van der Waals surface area contributed by atoms with Crippen LogP contribution in [-0.4, -0.2) is 36.4 Å². The molecule has 0 amide bonds. The van der Waals surface area contributed by atoms with E-state index in [0.717, 1.165) is 14.9 Å². The summed E-state index contributed by atoms with van der Waals surface area (Å²) in [6.07, 6.45) is 1.36. The Hall–Kier alpha value is -2.29. The van der Waals surface area contributed by atoms with E-state index in [0.29, 0.717) is 5.69 Å². The maximum absolute atomic E-state index is 12.3. The van der Waals surface area contributed by atoms with Crippen LogP contribution in [0.2, 0.25) is 0 Å². The number of aryl methyl sites for hydroxylation is 1. The Balaban J connectivity index is 1.90. The summed E-state index contributed by atoms with van der Waals surface area (Å²) in [6.45, 7) is 2.25. The van der Waals surface area contributed by atoms with Crippen LogP contribution in [0.5, 0.6) is 0 Å². The first-order chi connectivity index (χ1) is 12.3. The lowest BCUT2D eigenvalue weighted by molar-refractivity contribution is 0.519.